The van der Waals surface area contributed by atoms with E-state index >= 15 is 0 Å². The number of hydrogen-bond donors (Lipinski definition) is 1. The van der Waals surface area contributed by atoms with Crippen molar-refractivity contribution in [2.45, 2.75) is 6.42 Å². The molecule has 0 heterocycles. The Hall–Kier alpha value is -1.82. The van der Waals surface area contributed by atoms with E-state index < -0.39 is 0 Å². The number of hydrogen-bond acceptors (Lipinski definition) is 2. The summed E-state index contributed by atoms with van der Waals surface area (Å²) in [5.74, 6) is 0. The first-order chi connectivity index (χ1) is 8.74. The SMILES string of the molecule is N#Cc1ccc(-c2cccc(CCO)c2)cc1Cl. The molecule has 0 saturated heterocycles. The van der Waals surface area contributed by atoms with Crippen LogP contribution in [-0.4, -0.2) is 11.7 Å². The van der Waals surface area contributed by atoms with Gasteiger partial charge in [0.25, 0.3) is 0 Å². The Morgan fingerprint density at radius 3 is 2.56 bits per heavy atom. The zero-order valence-corrected chi connectivity index (χ0v) is 10.5. The molecule has 2 aromatic carbocycles. The Morgan fingerprint density at radius 2 is 1.89 bits per heavy atom. The summed E-state index contributed by atoms with van der Waals surface area (Å²) in [5, 5.41) is 18.2. The van der Waals surface area contributed by atoms with Crippen LogP contribution in [0.15, 0.2) is 42.5 Å². The molecule has 1 N–H and O–H groups in total. The molecule has 90 valence electrons. The monoisotopic (exact) mass is 257 g/mol. The summed E-state index contributed by atoms with van der Waals surface area (Å²) >= 11 is 6.02. The summed E-state index contributed by atoms with van der Waals surface area (Å²) in [6.45, 7) is 0.136. The predicted molar refractivity (Wildman–Crippen MR) is 72.4 cm³/mol. The van der Waals surface area contributed by atoms with Gasteiger partial charge in [-0.3, -0.25) is 0 Å². The number of nitriles is 1. The molecule has 2 rings (SSSR count). The van der Waals surface area contributed by atoms with Gasteiger partial charge in [-0.2, -0.15) is 5.26 Å². The van der Waals surface area contributed by atoms with E-state index in [1.165, 1.54) is 0 Å². The molecule has 0 unspecified atom stereocenters. The van der Waals surface area contributed by atoms with Gasteiger partial charge in [0.2, 0.25) is 0 Å². The predicted octanol–water partition coefficient (Wildman–Crippen LogP) is 3.41. The van der Waals surface area contributed by atoms with Crippen molar-refractivity contribution in [1.29, 1.82) is 5.26 Å². The average Bonchev–Trinajstić information content (AvgIpc) is 2.39. The number of aliphatic hydroxyl groups is 1. The molecule has 0 amide bonds. The molecule has 0 bridgehead atoms. The highest BCUT2D eigenvalue weighted by Gasteiger charge is 2.04. The Bertz CT molecular complexity index is 602. The molecule has 0 aliphatic rings. The van der Waals surface area contributed by atoms with Crippen molar-refractivity contribution in [1.82, 2.24) is 0 Å². The summed E-state index contributed by atoms with van der Waals surface area (Å²) in [6, 6.07) is 15.4. The van der Waals surface area contributed by atoms with Crippen molar-refractivity contribution >= 4 is 11.6 Å². The van der Waals surface area contributed by atoms with Crippen molar-refractivity contribution in [3.8, 4) is 17.2 Å². The lowest BCUT2D eigenvalue weighted by Crippen LogP contribution is -1.90. The first-order valence-corrected chi connectivity index (χ1v) is 6.02. The molecule has 2 aromatic rings. The van der Waals surface area contributed by atoms with Crippen LogP contribution in [-0.2, 0) is 6.42 Å². The third-order valence-electron chi connectivity index (χ3n) is 2.75. The van der Waals surface area contributed by atoms with Gasteiger partial charge in [-0.15, -0.1) is 0 Å². The zero-order chi connectivity index (χ0) is 13.0. The number of aliphatic hydroxyl groups excluding tert-OH is 1. The van der Waals surface area contributed by atoms with Crippen molar-refractivity contribution in [2.75, 3.05) is 6.61 Å². The number of rotatable bonds is 3. The van der Waals surface area contributed by atoms with Crippen LogP contribution in [0.4, 0.5) is 0 Å². The van der Waals surface area contributed by atoms with E-state index in [-0.39, 0.29) is 6.61 Å². The smallest absolute Gasteiger partial charge is 0.101 e. The van der Waals surface area contributed by atoms with E-state index in [1.54, 1.807) is 12.1 Å². The van der Waals surface area contributed by atoms with Crippen molar-refractivity contribution < 1.29 is 5.11 Å². The van der Waals surface area contributed by atoms with Gasteiger partial charge < -0.3 is 5.11 Å². The van der Waals surface area contributed by atoms with Gasteiger partial charge in [-0.25, -0.2) is 0 Å². The second kappa shape index (κ2) is 5.68. The van der Waals surface area contributed by atoms with E-state index in [4.69, 9.17) is 22.0 Å². The maximum Gasteiger partial charge on any atom is 0.101 e. The molecule has 0 atom stereocenters. The maximum atomic E-state index is 8.94. The first-order valence-electron chi connectivity index (χ1n) is 5.64. The highest BCUT2D eigenvalue weighted by Crippen LogP contribution is 2.26. The van der Waals surface area contributed by atoms with E-state index in [0.29, 0.717) is 17.0 Å². The van der Waals surface area contributed by atoms with Crippen LogP contribution in [0.25, 0.3) is 11.1 Å². The van der Waals surface area contributed by atoms with Crippen LogP contribution in [0.5, 0.6) is 0 Å². The van der Waals surface area contributed by atoms with Gasteiger partial charge in [0, 0.05) is 6.61 Å². The minimum absolute atomic E-state index is 0.136. The number of benzene rings is 2. The van der Waals surface area contributed by atoms with E-state index in [2.05, 4.69) is 0 Å². The average molecular weight is 258 g/mol. The van der Waals surface area contributed by atoms with Gasteiger partial charge in [-0.1, -0.05) is 41.9 Å². The molecule has 18 heavy (non-hydrogen) atoms. The minimum atomic E-state index is 0.136. The molecule has 3 heteroatoms. The van der Waals surface area contributed by atoms with Crippen LogP contribution in [0.1, 0.15) is 11.1 Å². The van der Waals surface area contributed by atoms with Gasteiger partial charge in [0.1, 0.15) is 6.07 Å². The van der Waals surface area contributed by atoms with E-state index in [0.717, 1.165) is 16.7 Å². The van der Waals surface area contributed by atoms with Crippen LogP contribution in [0.3, 0.4) is 0 Å². The normalized spacial score (nSPS) is 10.1. The minimum Gasteiger partial charge on any atom is -0.396 e. The molecule has 0 aromatic heterocycles. The number of halogens is 1. The largest absolute Gasteiger partial charge is 0.396 e. The zero-order valence-electron chi connectivity index (χ0n) is 9.73. The molecule has 0 radical (unpaired) electrons. The molecule has 0 spiro atoms. The van der Waals surface area contributed by atoms with E-state index in [9.17, 15) is 0 Å². The van der Waals surface area contributed by atoms with Crippen LogP contribution in [0.2, 0.25) is 5.02 Å². The summed E-state index contributed by atoms with van der Waals surface area (Å²) in [5.41, 5.74) is 3.56. The summed E-state index contributed by atoms with van der Waals surface area (Å²) < 4.78 is 0. The summed E-state index contributed by atoms with van der Waals surface area (Å²) in [4.78, 5) is 0. The Morgan fingerprint density at radius 1 is 1.11 bits per heavy atom. The third kappa shape index (κ3) is 2.70. The van der Waals surface area contributed by atoms with Crippen LogP contribution < -0.4 is 0 Å². The lowest BCUT2D eigenvalue weighted by atomic mass is 10.0. The summed E-state index contributed by atoms with van der Waals surface area (Å²) in [6.07, 6.45) is 0.637. The molecular formula is C15H12ClNO. The fourth-order valence-electron chi connectivity index (χ4n) is 1.82. The second-order valence-electron chi connectivity index (χ2n) is 3.98. The lowest BCUT2D eigenvalue weighted by molar-refractivity contribution is 0.299. The van der Waals surface area contributed by atoms with Crippen LogP contribution in [0, 0.1) is 11.3 Å². The van der Waals surface area contributed by atoms with Gasteiger partial charge in [0.05, 0.1) is 10.6 Å². The molecule has 0 fully saturated rings. The van der Waals surface area contributed by atoms with E-state index in [1.807, 2.05) is 36.4 Å². The topological polar surface area (TPSA) is 44.0 Å². The standard InChI is InChI=1S/C15H12ClNO/c16-15-9-13(4-5-14(15)10-17)12-3-1-2-11(8-12)6-7-18/h1-5,8-9,18H,6-7H2. The highest BCUT2D eigenvalue weighted by atomic mass is 35.5. The Balaban J connectivity index is 2.40. The fraction of sp³-hybridized carbons (Fsp3) is 0.133. The highest BCUT2D eigenvalue weighted by molar-refractivity contribution is 6.32. The van der Waals surface area contributed by atoms with Crippen molar-refractivity contribution in [3.63, 3.8) is 0 Å². The molecule has 0 saturated carbocycles. The molecule has 2 nitrogen and oxygen atoms in total. The third-order valence-corrected chi connectivity index (χ3v) is 3.06. The number of nitrogens with zero attached hydrogens (tertiary/aromatic N) is 1. The second-order valence-corrected chi connectivity index (χ2v) is 4.39. The van der Waals surface area contributed by atoms with Gasteiger partial charge >= 0.3 is 0 Å². The summed E-state index contributed by atoms with van der Waals surface area (Å²) in [7, 11) is 0. The fourth-order valence-corrected chi connectivity index (χ4v) is 2.04. The maximum absolute atomic E-state index is 8.94. The molecule has 0 aliphatic heterocycles. The quantitative estimate of drug-likeness (QED) is 0.916. The lowest BCUT2D eigenvalue weighted by Gasteiger charge is -2.06. The van der Waals surface area contributed by atoms with Gasteiger partial charge in [0.15, 0.2) is 0 Å². The van der Waals surface area contributed by atoms with Crippen molar-refractivity contribution in [3.05, 3.63) is 58.6 Å². The molecule has 0 aliphatic carbocycles. The first kappa shape index (κ1) is 12.6. The van der Waals surface area contributed by atoms with Crippen LogP contribution >= 0.6 is 11.6 Å². The van der Waals surface area contributed by atoms with Gasteiger partial charge in [-0.05, 0) is 35.2 Å². The molecular weight excluding hydrogens is 246 g/mol. The van der Waals surface area contributed by atoms with Crippen molar-refractivity contribution in [2.24, 2.45) is 0 Å². The Labute approximate surface area is 111 Å². The Kier molecular flexibility index (Phi) is 3.99.